The van der Waals surface area contributed by atoms with Crippen LogP contribution in [0.25, 0.3) is 5.69 Å². The fourth-order valence-corrected chi connectivity index (χ4v) is 2.78. The lowest BCUT2D eigenvalue weighted by Gasteiger charge is -2.18. The van der Waals surface area contributed by atoms with Crippen molar-refractivity contribution >= 4 is 11.6 Å². The van der Waals surface area contributed by atoms with Crippen molar-refractivity contribution < 1.29 is 22.4 Å². The quantitative estimate of drug-likeness (QED) is 0.636. The fraction of sp³-hybridized carbons (Fsp3) is 0.211. The lowest BCUT2D eigenvalue weighted by molar-refractivity contribution is -0.137. The second-order valence-electron chi connectivity index (χ2n) is 6.42. The number of hydrogen-bond acceptors (Lipinski definition) is 4. The Morgan fingerprint density at radius 3 is 2.66 bits per heavy atom. The predicted molar refractivity (Wildman–Crippen MR) is 97.7 cm³/mol. The Morgan fingerprint density at radius 2 is 2.00 bits per heavy atom. The largest absolute Gasteiger partial charge is 0.416 e. The van der Waals surface area contributed by atoms with E-state index in [1.165, 1.54) is 35.5 Å². The third-order valence-electron chi connectivity index (χ3n) is 4.02. The van der Waals surface area contributed by atoms with Crippen LogP contribution < -0.4 is 5.32 Å². The molecular weight excluding hydrogens is 390 g/mol. The molecule has 0 fully saturated rings. The number of carbonyl (C=O) groups is 1. The number of nitrogens with one attached hydrogen (secondary N) is 1. The summed E-state index contributed by atoms with van der Waals surface area (Å²) < 4.78 is 53.8. The van der Waals surface area contributed by atoms with Crippen molar-refractivity contribution in [3.05, 3.63) is 72.1 Å². The van der Waals surface area contributed by atoms with Gasteiger partial charge in [0.25, 0.3) is 0 Å². The summed E-state index contributed by atoms with van der Waals surface area (Å²) in [6.45, 7) is 0.188. The van der Waals surface area contributed by atoms with Crippen LogP contribution in [0.5, 0.6) is 0 Å². The molecule has 29 heavy (non-hydrogen) atoms. The molecule has 0 bridgehead atoms. The third-order valence-corrected chi connectivity index (χ3v) is 4.02. The monoisotopic (exact) mass is 407 g/mol. The molecule has 0 aliphatic carbocycles. The molecule has 10 heteroatoms. The maximum atomic E-state index is 13.3. The molecule has 1 heterocycles. The Hall–Kier alpha value is -3.27. The second-order valence-corrected chi connectivity index (χ2v) is 6.42. The first kappa shape index (κ1) is 20.5. The Balaban J connectivity index is 1.76. The standard InChI is InChI=1S/C19H17F4N5O/c1-27(9-13-3-2-4-15(20)7-13)10-18(29)26-16-8-14(19(21,22)23)5-6-17(16)28-12-24-11-25-28/h2-8,11-12H,9-10H2,1H3,(H,26,29). The summed E-state index contributed by atoms with van der Waals surface area (Å²) in [5.41, 5.74) is -0.0291. The first-order chi connectivity index (χ1) is 13.7. The van der Waals surface area contributed by atoms with Crippen LogP contribution in [-0.4, -0.2) is 39.2 Å². The number of amides is 1. The maximum Gasteiger partial charge on any atom is 0.416 e. The van der Waals surface area contributed by atoms with Gasteiger partial charge < -0.3 is 5.32 Å². The highest BCUT2D eigenvalue weighted by Crippen LogP contribution is 2.33. The van der Waals surface area contributed by atoms with Gasteiger partial charge in [-0.1, -0.05) is 12.1 Å². The first-order valence-corrected chi connectivity index (χ1v) is 8.51. The van der Waals surface area contributed by atoms with E-state index < -0.39 is 17.6 Å². The molecular formula is C19H17F4N5O. The highest BCUT2D eigenvalue weighted by molar-refractivity contribution is 5.94. The van der Waals surface area contributed by atoms with E-state index in [0.29, 0.717) is 12.1 Å². The van der Waals surface area contributed by atoms with Crippen LogP contribution in [0, 0.1) is 5.82 Å². The van der Waals surface area contributed by atoms with E-state index in [-0.39, 0.29) is 23.7 Å². The normalized spacial score (nSPS) is 11.7. The molecule has 2 aromatic carbocycles. The molecule has 0 radical (unpaired) electrons. The van der Waals surface area contributed by atoms with Crippen LogP contribution in [0.3, 0.4) is 0 Å². The van der Waals surface area contributed by atoms with Crippen molar-refractivity contribution in [2.75, 3.05) is 18.9 Å². The summed E-state index contributed by atoms with van der Waals surface area (Å²) in [5.74, 6) is -0.911. The minimum Gasteiger partial charge on any atom is -0.323 e. The van der Waals surface area contributed by atoms with Crippen molar-refractivity contribution in [3.63, 3.8) is 0 Å². The predicted octanol–water partition coefficient (Wildman–Crippen LogP) is 3.50. The number of rotatable bonds is 6. The number of likely N-dealkylation sites (N-methyl/N-ethyl adjacent to an activating group) is 1. The second kappa shape index (κ2) is 8.39. The Bertz CT molecular complexity index is 989. The molecule has 1 aromatic heterocycles. The average Bonchev–Trinajstić information content (AvgIpc) is 3.15. The van der Waals surface area contributed by atoms with E-state index in [0.717, 1.165) is 12.1 Å². The number of anilines is 1. The van der Waals surface area contributed by atoms with Crippen molar-refractivity contribution in [2.45, 2.75) is 12.7 Å². The van der Waals surface area contributed by atoms with E-state index in [1.807, 2.05) is 0 Å². The van der Waals surface area contributed by atoms with Crippen molar-refractivity contribution in [2.24, 2.45) is 0 Å². The van der Waals surface area contributed by atoms with E-state index in [4.69, 9.17) is 0 Å². The lowest BCUT2D eigenvalue weighted by atomic mass is 10.1. The number of nitrogens with zero attached hydrogens (tertiary/aromatic N) is 4. The minimum atomic E-state index is -4.56. The zero-order valence-corrected chi connectivity index (χ0v) is 15.3. The lowest BCUT2D eigenvalue weighted by Crippen LogP contribution is -2.30. The summed E-state index contributed by atoms with van der Waals surface area (Å²) in [6.07, 6.45) is -2.01. The molecule has 6 nitrogen and oxygen atoms in total. The smallest absolute Gasteiger partial charge is 0.323 e. The molecule has 1 amide bonds. The highest BCUT2D eigenvalue weighted by Gasteiger charge is 2.31. The molecule has 0 aliphatic heterocycles. The third kappa shape index (κ3) is 5.38. The molecule has 3 rings (SSSR count). The molecule has 152 valence electrons. The SMILES string of the molecule is CN(CC(=O)Nc1cc(C(F)(F)F)ccc1-n1cncn1)Cc1cccc(F)c1. The van der Waals surface area contributed by atoms with Crippen molar-refractivity contribution in [1.82, 2.24) is 19.7 Å². The van der Waals surface area contributed by atoms with Gasteiger partial charge >= 0.3 is 6.18 Å². The van der Waals surface area contributed by atoms with Gasteiger partial charge in [0.15, 0.2) is 0 Å². The number of aromatic nitrogens is 3. The molecule has 0 atom stereocenters. The number of alkyl halides is 3. The van der Waals surface area contributed by atoms with Gasteiger partial charge in [0.1, 0.15) is 18.5 Å². The van der Waals surface area contributed by atoms with E-state index in [2.05, 4.69) is 15.4 Å². The van der Waals surface area contributed by atoms with Crippen molar-refractivity contribution in [3.8, 4) is 5.69 Å². The minimum absolute atomic E-state index is 0.0468. The summed E-state index contributed by atoms with van der Waals surface area (Å²) in [4.78, 5) is 17.8. The van der Waals surface area contributed by atoms with E-state index >= 15 is 0 Å². The van der Waals surface area contributed by atoms with Crippen LogP contribution in [0.15, 0.2) is 55.1 Å². The van der Waals surface area contributed by atoms with Crippen LogP contribution in [-0.2, 0) is 17.5 Å². The molecule has 0 unspecified atom stereocenters. The number of hydrogen-bond donors (Lipinski definition) is 1. The van der Waals surface area contributed by atoms with E-state index in [1.54, 1.807) is 24.1 Å². The van der Waals surface area contributed by atoms with Gasteiger partial charge in [-0.2, -0.15) is 18.3 Å². The maximum absolute atomic E-state index is 13.3. The molecule has 1 N–H and O–H groups in total. The zero-order chi connectivity index (χ0) is 21.0. The molecule has 0 spiro atoms. The number of halogens is 4. The highest BCUT2D eigenvalue weighted by atomic mass is 19.4. The van der Waals surface area contributed by atoms with Crippen molar-refractivity contribution in [1.29, 1.82) is 0 Å². The Labute approximate surface area is 163 Å². The fourth-order valence-electron chi connectivity index (χ4n) is 2.78. The first-order valence-electron chi connectivity index (χ1n) is 8.51. The van der Waals surface area contributed by atoms with Gasteiger partial charge in [-0.05, 0) is 42.9 Å². The summed E-state index contributed by atoms with van der Waals surface area (Å²) in [5, 5.41) is 6.39. The van der Waals surface area contributed by atoms with Crippen LogP contribution >= 0.6 is 0 Å². The van der Waals surface area contributed by atoms with Gasteiger partial charge in [-0.3, -0.25) is 9.69 Å². The Kier molecular flexibility index (Phi) is 5.92. The number of carbonyl (C=O) groups excluding carboxylic acids is 1. The van der Waals surface area contributed by atoms with E-state index in [9.17, 15) is 22.4 Å². The molecule has 0 saturated carbocycles. The van der Waals surface area contributed by atoms with Gasteiger partial charge in [0.05, 0.1) is 23.5 Å². The number of benzene rings is 2. The summed E-state index contributed by atoms with van der Waals surface area (Å²) >= 11 is 0. The summed E-state index contributed by atoms with van der Waals surface area (Å²) in [7, 11) is 1.65. The van der Waals surface area contributed by atoms with Gasteiger partial charge in [0.2, 0.25) is 5.91 Å². The zero-order valence-electron chi connectivity index (χ0n) is 15.3. The van der Waals surface area contributed by atoms with Crippen LogP contribution in [0.2, 0.25) is 0 Å². The summed E-state index contributed by atoms with van der Waals surface area (Å²) in [6, 6.07) is 8.91. The average molecular weight is 407 g/mol. The van der Waals surface area contributed by atoms with Gasteiger partial charge in [-0.25, -0.2) is 14.1 Å². The molecule has 0 aliphatic rings. The van der Waals surface area contributed by atoms with Gasteiger partial charge in [-0.15, -0.1) is 0 Å². The van der Waals surface area contributed by atoms with Gasteiger partial charge in [0, 0.05) is 6.54 Å². The molecule has 0 saturated heterocycles. The Morgan fingerprint density at radius 1 is 1.21 bits per heavy atom. The topological polar surface area (TPSA) is 63.1 Å². The van der Waals surface area contributed by atoms with Crippen LogP contribution in [0.4, 0.5) is 23.2 Å². The van der Waals surface area contributed by atoms with Crippen LogP contribution in [0.1, 0.15) is 11.1 Å². The molecule has 3 aromatic rings.